The fraction of sp³-hybridized carbons (Fsp3) is 0. The zero-order chi connectivity index (χ0) is 18.5. The van der Waals surface area contributed by atoms with Gasteiger partial charge in [-0.25, -0.2) is 4.98 Å². The normalized spacial score (nSPS) is 10.4. The number of para-hydroxylation sites is 3. The number of pyridine rings is 1. The van der Waals surface area contributed by atoms with E-state index >= 15 is 0 Å². The molecule has 1 amide bonds. The molecule has 0 radical (unpaired) electrons. The van der Waals surface area contributed by atoms with Crippen molar-refractivity contribution >= 4 is 22.9 Å². The summed E-state index contributed by atoms with van der Waals surface area (Å²) in [5, 5.41) is 5.40. The molecule has 4 aromatic rings. The first-order chi connectivity index (χ1) is 13.3. The number of nitrogens with one attached hydrogen (secondary N) is 1. The summed E-state index contributed by atoms with van der Waals surface area (Å²) in [7, 11) is 0. The number of hydrogen-bond acceptors (Lipinski definition) is 5. The number of aromatic nitrogens is 2. The van der Waals surface area contributed by atoms with Crippen LogP contribution in [0.5, 0.6) is 11.5 Å². The molecule has 5 nitrogen and oxygen atoms in total. The van der Waals surface area contributed by atoms with Gasteiger partial charge in [-0.2, -0.15) is 0 Å². The molecular formula is C21H15N3O2S. The second-order valence-electron chi connectivity index (χ2n) is 5.64. The lowest BCUT2D eigenvalue weighted by molar-refractivity contribution is 0.102. The van der Waals surface area contributed by atoms with Crippen LogP contribution in [0, 0.1) is 0 Å². The van der Waals surface area contributed by atoms with Crippen LogP contribution in [-0.2, 0) is 0 Å². The smallest absolute Gasteiger partial charge is 0.275 e. The van der Waals surface area contributed by atoms with E-state index < -0.39 is 0 Å². The Bertz CT molecular complexity index is 1050. The molecule has 0 saturated heterocycles. The lowest BCUT2D eigenvalue weighted by atomic mass is 10.2. The van der Waals surface area contributed by atoms with Crippen LogP contribution in [0.3, 0.4) is 0 Å². The van der Waals surface area contributed by atoms with Gasteiger partial charge in [0.05, 0.1) is 5.69 Å². The van der Waals surface area contributed by atoms with E-state index in [9.17, 15) is 4.79 Å². The van der Waals surface area contributed by atoms with Gasteiger partial charge in [0.1, 0.15) is 16.5 Å². The number of carbonyl (C=O) groups excluding carboxylic acids is 1. The Morgan fingerprint density at radius 2 is 1.67 bits per heavy atom. The van der Waals surface area contributed by atoms with Gasteiger partial charge in [0.2, 0.25) is 0 Å². The van der Waals surface area contributed by atoms with Crippen molar-refractivity contribution in [1.82, 2.24) is 9.97 Å². The van der Waals surface area contributed by atoms with Crippen LogP contribution in [-0.4, -0.2) is 15.9 Å². The van der Waals surface area contributed by atoms with Gasteiger partial charge in [-0.1, -0.05) is 30.3 Å². The molecule has 0 fully saturated rings. The predicted octanol–water partition coefficient (Wildman–Crippen LogP) is 5.25. The van der Waals surface area contributed by atoms with Crippen molar-refractivity contribution in [3.8, 4) is 22.1 Å². The maximum atomic E-state index is 12.6. The highest BCUT2D eigenvalue weighted by Crippen LogP contribution is 2.30. The van der Waals surface area contributed by atoms with E-state index in [0.29, 0.717) is 22.9 Å². The molecule has 27 heavy (non-hydrogen) atoms. The zero-order valence-corrected chi connectivity index (χ0v) is 15.0. The first-order valence-corrected chi connectivity index (χ1v) is 9.17. The minimum atomic E-state index is -0.282. The van der Waals surface area contributed by atoms with Gasteiger partial charge in [-0.3, -0.25) is 9.78 Å². The molecule has 6 heteroatoms. The topological polar surface area (TPSA) is 64.1 Å². The molecule has 0 unspecified atom stereocenters. The van der Waals surface area contributed by atoms with Crippen molar-refractivity contribution in [2.24, 2.45) is 0 Å². The SMILES string of the molecule is O=C(Nc1ccccc1Oc1ccccc1)c1csc(-c2ccncc2)n1. The third kappa shape index (κ3) is 4.02. The molecule has 4 rings (SSSR count). The quantitative estimate of drug-likeness (QED) is 0.519. The predicted molar refractivity (Wildman–Crippen MR) is 106 cm³/mol. The number of thiazole rings is 1. The van der Waals surface area contributed by atoms with E-state index in [4.69, 9.17) is 4.74 Å². The van der Waals surface area contributed by atoms with Crippen molar-refractivity contribution < 1.29 is 9.53 Å². The molecule has 1 N–H and O–H groups in total. The van der Waals surface area contributed by atoms with E-state index in [1.165, 1.54) is 11.3 Å². The summed E-state index contributed by atoms with van der Waals surface area (Å²) in [5.41, 5.74) is 1.88. The monoisotopic (exact) mass is 373 g/mol. The van der Waals surface area contributed by atoms with E-state index in [-0.39, 0.29) is 5.91 Å². The van der Waals surface area contributed by atoms with Gasteiger partial charge < -0.3 is 10.1 Å². The molecule has 2 aromatic carbocycles. The largest absolute Gasteiger partial charge is 0.455 e. The van der Waals surface area contributed by atoms with Crippen molar-refractivity contribution in [3.63, 3.8) is 0 Å². The van der Waals surface area contributed by atoms with Gasteiger partial charge in [0, 0.05) is 23.3 Å². The van der Waals surface area contributed by atoms with E-state index in [0.717, 1.165) is 10.6 Å². The van der Waals surface area contributed by atoms with Crippen molar-refractivity contribution in [1.29, 1.82) is 0 Å². The molecule has 2 aromatic heterocycles. The summed E-state index contributed by atoms with van der Waals surface area (Å²) in [6.45, 7) is 0. The zero-order valence-electron chi connectivity index (χ0n) is 14.2. The lowest BCUT2D eigenvalue weighted by Crippen LogP contribution is -2.12. The highest BCUT2D eigenvalue weighted by Gasteiger charge is 2.14. The number of amides is 1. The minimum Gasteiger partial charge on any atom is -0.455 e. The Labute approximate surface area is 160 Å². The Morgan fingerprint density at radius 1 is 0.926 bits per heavy atom. The van der Waals surface area contributed by atoms with Crippen LogP contribution < -0.4 is 10.1 Å². The van der Waals surface area contributed by atoms with Gasteiger partial charge >= 0.3 is 0 Å². The molecule has 0 aliphatic rings. The number of nitrogens with zero attached hydrogens (tertiary/aromatic N) is 2. The third-order valence-electron chi connectivity index (χ3n) is 3.77. The second kappa shape index (κ2) is 7.80. The van der Waals surface area contributed by atoms with Crippen LogP contribution in [0.4, 0.5) is 5.69 Å². The summed E-state index contributed by atoms with van der Waals surface area (Å²) in [5.74, 6) is 0.991. The van der Waals surface area contributed by atoms with Gasteiger partial charge in [0.25, 0.3) is 5.91 Å². The average Bonchev–Trinajstić information content (AvgIpc) is 3.21. The number of rotatable bonds is 5. The molecule has 0 aliphatic heterocycles. The van der Waals surface area contributed by atoms with Gasteiger partial charge in [0.15, 0.2) is 5.75 Å². The maximum absolute atomic E-state index is 12.6. The average molecular weight is 373 g/mol. The Hall–Kier alpha value is -3.51. The fourth-order valence-corrected chi connectivity index (χ4v) is 3.27. The number of benzene rings is 2. The molecule has 2 heterocycles. The fourth-order valence-electron chi connectivity index (χ4n) is 2.47. The Balaban J connectivity index is 1.53. The van der Waals surface area contributed by atoms with Crippen LogP contribution in [0.1, 0.15) is 10.5 Å². The van der Waals surface area contributed by atoms with Gasteiger partial charge in [-0.05, 0) is 36.4 Å². The number of hydrogen-bond donors (Lipinski definition) is 1. The maximum Gasteiger partial charge on any atom is 0.275 e. The summed E-state index contributed by atoms with van der Waals surface area (Å²) in [6, 6.07) is 20.5. The standard InChI is InChI=1S/C21H15N3O2S/c25-20(18-14-27-21(24-18)15-10-12-22-13-11-15)23-17-8-4-5-9-19(17)26-16-6-2-1-3-7-16/h1-14H,(H,23,25). The highest BCUT2D eigenvalue weighted by molar-refractivity contribution is 7.13. The lowest BCUT2D eigenvalue weighted by Gasteiger charge is -2.11. The minimum absolute atomic E-state index is 0.282. The summed E-state index contributed by atoms with van der Waals surface area (Å²) in [4.78, 5) is 21.1. The molecular weight excluding hydrogens is 358 g/mol. The molecule has 0 bridgehead atoms. The summed E-state index contributed by atoms with van der Waals surface area (Å²) < 4.78 is 5.88. The first kappa shape index (κ1) is 16.9. The third-order valence-corrected chi connectivity index (χ3v) is 4.66. The number of ether oxygens (including phenoxy) is 1. The summed E-state index contributed by atoms with van der Waals surface area (Å²) >= 11 is 1.42. The molecule has 0 saturated carbocycles. The van der Waals surface area contributed by atoms with Crippen molar-refractivity contribution in [2.75, 3.05) is 5.32 Å². The Morgan fingerprint density at radius 3 is 2.48 bits per heavy atom. The molecule has 0 atom stereocenters. The highest BCUT2D eigenvalue weighted by atomic mass is 32.1. The van der Waals surface area contributed by atoms with E-state index in [2.05, 4.69) is 15.3 Å². The van der Waals surface area contributed by atoms with Crippen LogP contribution >= 0.6 is 11.3 Å². The Kier molecular flexibility index (Phi) is 4.89. The first-order valence-electron chi connectivity index (χ1n) is 8.29. The van der Waals surface area contributed by atoms with E-state index in [1.54, 1.807) is 23.8 Å². The van der Waals surface area contributed by atoms with E-state index in [1.807, 2.05) is 60.7 Å². The van der Waals surface area contributed by atoms with Crippen molar-refractivity contribution in [2.45, 2.75) is 0 Å². The number of carbonyl (C=O) groups is 1. The summed E-state index contributed by atoms with van der Waals surface area (Å²) in [6.07, 6.45) is 3.40. The van der Waals surface area contributed by atoms with Crippen molar-refractivity contribution in [3.05, 3.63) is 90.2 Å². The molecule has 0 spiro atoms. The molecule has 0 aliphatic carbocycles. The van der Waals surface area contributed by atoms with Crippen LogP contribution in [0.15, 0.2) is 84.5 Å². The van der Waals surface area contributed by atoms with Crippen LogP contribution in [0.25, 0.3) is 10.6 Å². The molecule has 132 valence electrons. The van der Waals surface area contributed by atoms with Gasteiger partial charge in [-0.15, -0.1) is 11.3 Å². The number of anilines is 1. The van der Waals surface area contributed by atoms with Crippen LogP contribution in [0.2, 0.25) is 0 Å². The second-order valence-corrected chi connectivity index (χ2v) is 6.50.